The van der Waals surface area contributed by atoms with E-state index in [4.69, 9.17) is 4.74 Å². The monoisotopic (exact) mass is 516 g/mol. The van der Waals surface area contributed by atoms with Crippen molar-refractivity contribution in [3.63, 3.8) is 0 Å². The van der Waals surface area contributed by atoms with Crippen molar-refractivity contribution < 1.29 is 9.53 Å². The number of likely N-dealkylation sites (N-methyl/N-ethyl adjacent to an activating group) is 1. The summed E-state index contributed by atoms with van der Waals surface area (Å²) in [6.45, 7) is 6.27. The Kier molecular flexibility index (Phi) is 10.9. The summed E-state index contributed by atoms with van der Waals surface area (Å²) in [5.41, 5.74) is 2.31. The van der Waals surface area contributed by atoms with Crippen LogP contribution in [0.15, 0.2) is 40.7 Å². The largest absolute Gasteiger partial charge is 0.484 e. The minimum absolute atomic E-state index is 0. The van der Waals surface area contributed by atoms with E-state index in [9.17, 15) is 4.79 Å². The van der Waals surface area contributed by atoms with Crippen LogP contribution in [0, 0.1) is 6.92 Å². The second-order valence-corrected chi connectivity index (χ2v) is 7.30. The van der Waals surface area contributed by atoms with Crippen LogP contribution in [0.2, 0.25) is 0 Å². The van der Waals surface area contributed by atoms with Crippen LogP contribution >= 0.6 is 35.3 Å². The third-order valence-electron chi connectivity index (χ3n) is 3.91. The molecule has 154 valence electrons. The van der Waals surface area contributed by atoms with Crippen molar-refractivity contribution in [1.82, 2.24) is 15.5 Å². The molecular formula is C20H29IN4O2S. The summed E-state index contributed by atoms with van der Waals surface area (Å²) < 4.78 is 5.56. The number of carbonyl (C=O) groups is 1. The van der Waals surface area contributed by atoms with Crippen molar-refractivity contribution in [3.05, 3.63) is 51.7 Å². The zero-order valence-corrected chi connectivity index (χ0v) is 20.0. The fraction of sp³-hybridized carbons (Fsp3) is 0.400. The van der Waals surface area contributed by atoms with Crippen LogP contribution in [-0.4, -0.2) is 44.0 Å². The third-order valence-corrected chi connectivity index (χ3v) is 4.93. The first-order valence-electron chi connectivity index (χ1n) is 8.96. The summed E-state index contributed by atoms with van der Waals surface area (Å²) in [4.78, 5) is 19.1. The Bertz CT molecular complexity index is 777. The summed E-state index contributed by atoms with van der Waals surface area (Å²) in [6.07, 6.45) is 0. The van der Waals surface area contributed by atoms with Gasteiger partial charge in [0.05, 0.1) is 13.1 Å². The smallest absolute Gasteiger partial charge is 0.259 e. The molecule has 1 amide bonds. The molecule has 1 aromatic heterocycles. The SMILES string of the molecule is CCNC(=NCc1cccc(OCC(=O)N(C)C)c1)NCc1sccc1C.I. The van der Waals surface area contributed by atoms with E-state index in [1.54, 1.807) is 25.4 Å². The molecule has 0 bridgehead atoms. The Balaban J connectivity index is 0.00000392. The molecule has 0 saturated carbocycles. The van der Waals surface area contributed by atoms with E-state index in [1.807, 2.05) is 31.2 Å². The Morgan fingerprint density at radius 1 is 1.25 bits per heavy atom. The number of benzene rings is 1. The Morgan fingerprint density at radius 3 is 2.68 bits per heavy atom. The summed E-state index contributed by atoms with van der Waals surface area (Å²) in [5, 5.41) is 8.73. The van der Waals surface area contributed by atoms with Crippen LogP contribution in [-0.2, 0) is 17.9 Å². The Morgan fingerprint density at radius 2 is 2.04 bits per heavy atom. The maximum atomic E-state index is 11.6. The lowest BCUT2D eigenvalue weighted by atomic mass is 10.2. The van der Waals surface area contributed by atoms with Crippen LogP contribution in [0.25, 0.3) is 0 Å². The molecule has 0 spiro atoms. The van der Waals surface area contributed by atoms with Gasteiger partial charge < -0.3 is 20.3 Å². The Hall–Kier alpha value is -1.81. The van der Waals surface area contributed by atoms with Gasteiger partial charge in [0.25, 0.3) is 5.91 Å². The van der Waals surface area contributed by atoms with E-state index < -0.39 is 0 Å². The number of thiophene rings is 1. The van der Waals surface area contributed by atoms with Crippen molar-refractivity contribution in [2.24, 2.45) is 4.99 Å². The normalized spacial score (nSPS) is 10.8. The lowest BCUT2D eigenvalue weighted by molar-refractivity contribution is -0.130. The van der Waals surface area contributed by atoms with E-state index in [1.165, 1.54) is 15.3 Å². The second kappa shape index (κ2) is 12.6. The maximum Gasteiger partial charge on any atom is 0.259 e. The fourth-order valence-corrected chi connectivity index (χ4v) is 3.11. The molecule has 8 heteroatoms. The van der Waals surface area contributed by atoms with Gasteiger partial charge in [0.1, 0.15) is 5.75 Å². The molecule has 28 heavy (non-hydrogen) atoms. The quantitative estimate of drug-likeness (QED) is 0.321. The number of carbonyl (C=O) groups excluding carboxylic acids is 1. The van der Waals surface area contributed by atoms with Crippen LogP contribution in [0.3, 0.4) is 0 Å². The predicted molar refractivity (Wildman–Crippen MR) is 127 cm³/mol. The summed E-state index contributed by atoms with van der Waals surface area (Å²) in [6, 6.07) is 9.80. The van der Waals surface area contributed by atoms with E-state index in [0.29, 0.717) is 12.3 Å². The first kappa shape index (κ1) is 24.2. The molecule has 2 rings (SSSR count). The topological polar surface area (TPSA) is 66.0 Å². The molecule has 1 aromatic carbocycles. The van der Waals surface area contributed by atoms with E-state index in [-0.39, 0.29) is 36.5 Å². The van der Waals surface area contributed by atoms with Crippen LogP contribution in [0.5, 0.6) is 5.75 Å². The van der Waals surface area contributed by atoms with Gasteiger partial charge in [-0.05, 0) is 48.6 Å². The molecule has 0 radical (unpaired) electrons. The molecule has 0 unspecified atom stereocenters. The van der Waals surface area contributed by atoms with Gasteiger partial charge >= 0.3 is 0 Å². The average molecular weight is 516 g/mol. The number of rotatable bonds is 8. The number of nitrogens with one attached hydrogen (secondary N) is 2. The summed E-state index contributed by atoms with van der Waals surface area (Å²) >= 11 is 1.74. The minimum Gasteiger partial charge on any atom is -0.484 e. The number of guanidine groups is 1. The van der Waals surface area contributed by atoms with Crippen LogP contribution in [0.4, 0.5) is 0 Å². The first-order chi connectivity index (χ1) is 13.0. The molecule has 0 fully saturated rings. The van der Waals surface area contributed by atoms with E-state index in [2.05, 4.69) is 34.0 Å². The standard InChI is InChI=1S/C20H28N4O2S.HI/c1-5-21-20(23-13-18-15(2)9-10-27-18)22-12-16-7-6-8-17(11-16)26-14-19(25)24(3)4;/h6-11H,5,12-14H2,1-4H3,(H2,21,22,23);1H. The zero-order valence-electron chi connectivity index (χ0n) is 16.8. The number of nitrogens with zero attached hydrogens (tertiary/aromatic N) is 2. The third kappa shape index (κ3) is 8.05. The highest BCUT2D eigenvalue weighted by atomic mass is 127. The van der Waals surface area contributed by atoms with Crippen molar-refractivity contribution in [3.8, 4) is 5.75 Å². The van der Waals surface area contributed by atoms with E-state index >= 15 is 0 Å². The second-order valence-electron chi connectivity index (χ2n) is 6.30. The number of halogens is 1. The molecule has 0 aliphatic carbocycles. The minimum atomic E-state index is -0.0686. The first-order valence-corrected chi connectivity index (χ1v) is 9.84. The van der Waals surface area contributed by atoms with Gasteiger partial charge in [0.2, 0.25) is 0 Å². The van der Waals surface area contributed by atoms with Gasteiger partial charge in [0.15, 0.2) is 12.6 Å². The van der Waals surface area contributed by atoms with E-state index in [0.717, 1.165) is 24.6 Å². The van der Waals surface area contributed by atoms with Crippen molar-refractivity contribution in [1.29, 1.82) is 0 Å². The van der Waals surface area contributed by atoms with Gasteiger partial charge in [-0.2, -0.15) is 0 Å². The lowest BCUT2D eigenvalue weighted by Crippen LogP contribution is -2.36. The lowest BCUT2D eigenvalue weighted by Gasteiger charge is -2.12. The summed E-state index contributed by atoms with van der Waals surface area (Å²) in [5.74, 6) is 1.38. The molecule has 0 aliphatic heterocycles. The number of hydrogen-bond acceptors (Lipinski definition) is 4. The molecule has 0 saturated heterocycles. The number of ether oxygens (including phenoxy) is 1. The number of amides is 1. The van der Waals surface area contributed by atoms with Crippen molar-refractivity contribution in [2.75, 3.05) is 27.2 Å². The zero-order chi connectivity index (χ0) is 19.6. The molecule has 6 nitrogen and oxygen atoms in total. The predicted octanol–water partition coefficient (Wildman–Crippen LogP) is 3.40. The number of aryl methyl sites for hydroxylation is 1. The van der Waals surface area contributed by atoms with Crippen LogP contribution in [0.1, 0.15) is 22.9 Å². The van der Waals surface area contributed by atoms with Crippen molar-refractivity contribution >= 4 is 47.2 Å². The fourth-order valence-electron chi connectivity index (χ4n) is 2.27. The van der Waals surface area contributed by atoms with Crippen molar-refractivity contribution in [2.45, 2.75) is 26.9 Å². The maximum absolute atomic E-state index is 11.6. The highest BCUT2D eigenvalue weighted by molar-refractivity contribution is 14.0. The van der Waals surface area contributed by atoms with Gasteiger partial charge in [-0.3, -0.25) is 4.79 Å². The molecule has 2 N–H and O–H groups in total. The highest BCUT2D eigenvalue weighted by Crippen LogP contribution is 2.15. The Labute approximate surface area is 188 Å². The number of aliphatic imine (C=N–C) groups is 1. The molecule has 0 aliphatic rings. The van der Waals surface area contributed by atoms with Crippen LogP contribution < -0.4 is 15.4 Å². The average Bonchev–Trinajstić information content (AvgIpc) is 3.07. The molecule has 2 aromatic rings. The molecule has 0 atom stereocenters. The molecule has 1 heterocycles. The van der Waals surface area contributed by atoms with Gasteiger partial charge in [-0.25, -0.2) is 4.99 Å². The summed E-state index contributed by atoms with van der Waals surface area (Å²) in [7, 11) is 3.42. The molecular weight excluding hydrogens is 487 g/mol. The van der Waals surface area contributed by atoms with Gasteiger partial charge in [-0.1, -0.05) is 12.1 Å². The van der Waals surface area contributed by atoms with Gasteiger partial charge in [0, 0.05) is 25.5 Å². The highest BCUT2D eigenvalue weighted by Gasteiger charge is 2.06. The van der Waals surface area contributed by atoms with Gasteiger partial charge in [-0.15, -0.1) is 35.3 Å². The number of hydrogen-bond donors (Lipinski definition) is 2.